The average Bonchev–Trinajstić information content (AvgIpc) is 3.08. The Morgan fingerprint density at radius 2 is 0.596 bits per heavy atom. The number of carbonyl (C=O) groups is 1. The fraction of sp³-hybridized carbons (Fsp3) is 0.978. The molecule has 0 spiro atoms. The van der Waals surface area contributed by atoms with Gasteiger partial charge in [0.25, 0.3) is 0 Å². The summed E-state index contributed by atoms with van der Waals surface area (Å²) in [7, 11) is 0. The number of carbonyl (C=O) groups excluding carboxylic acids is 1. The van der Waals surface area contributed by atoms with Gasteiger partial charge in [-0.2, -0.15) is 0 Å². The molecule has 0 aromatic heterocycles. The molecule has 0 aromatic carbocycles. The largest absolute Gasteiger partial charge is 0.317 e. The topological polar surface area (TPSA) is 29.1 Å². The van der Waals surface area contributed by atoms with Crippen molar-refractivity contribution in [1.82, 2.24) is 5.32 Å². The first-order valence-corrected chi connectivity index (χ1v) is 22.5. The standard InChI is InChI=1S/C45H91NO/c1-4-7-10-13-16-17-18-22-27-33-40-45(47)41-34-29-36-43-46-42-35-28-23-20-19-21-26-32-39-44(37-30-24-14-11-8-5-2)38-31-25-15-12-9-6-3/h44,46H,4-43H2,1-3H3. The first kappa shape index (κ1) is 46.6. The summed E-state index contributed by atoms with van der Waals surface area (Å²) in [5.74, 6) is 1.52. The van der Waals surface area contributed by atoms with E-state index in [1.165, 1.54) is 225 Å². The summed E-state index contributed by atoms with van der Waals surface area (Å²) in [6.07, 6.45) is 51.9. The zero-order valence-electron chi connectivity index (χ0n) is 33.3. The molecular weight excluding hydrogens is 571 g/mol. The Labute approximate surface area is 299 Å². The number of unbranched alkanes of at least 4 members (excludes halogenated alkanes) is 28. The van der Waals surface area contributed by atoms with Crippen molar-refractivity contribution in [2.45, 2.75) is 265 Å². The van der Waals surface area contributed by atoms with Crippen LogP contribution < -0.4 is 5.32 Å². The number of hydrogen-bond donors (Lipinski definition) is 1. The van der Waals surface area contributed by atoms with Gasteiger partial charge in [0.1, 0.15) is 5.78 Å². The van der Waals surface area contributed by atoms with E-state index in [-0.39, 0.29) is 0 Å². The van der Waals surface area contributed by atoms with Gasteiger partial charge in [0.2, 0.25) is 0 Å². The highest BCUT2D eigenvalue weighted by molar-refractivity contribution is 5.78. The van der Waals surface area contributed by atoms with Gasteiger partial charge in [-0.05, 0) is 44.7 Å². The van der Waals surface area contributed by atoms with Crippen LogP contribution >= 0.6 is 0 Å². The van der Waals surface area contributed by atoms with E-state index in [1.54, 1.807) is 0 Å². The molecule has 0 bridgehead atoms. The summed E-state index contributed by atoms with van der Waals surface area (Å²) in [6, 6.07) is 0. The van der Waals surface area contributed by atoms with Crippen LogP contribution in [0.5, 0.6) is 0 Å². The lowest BCUT2D eigenvalue weighted by Gasteiger charge is -2.17. The molecule has 0 atom stereocenters. The molecular formula is C45H91NO. The summed E-state index contributed by atoms with van der Waals surface area (Å²) >= 11 is 0. The van der Waals surface area contributed by atoms with Crippen LogP contribution in [0.1, 0.15) is 265 Å². The highest BCUT2D eigenvalue weighted by atomic mass is 16.1. The van der Waals surface area contributed by atoms with Crippen molar-refractivity contribution < 1.29 is 4.79 Å². The van der Waals surface area contributed by atoms with Gasteiger partial charge in [-0.15, -0.1) is 0 Å². The molecule has 0 aliphatic carbocycles. The van der Waals surface area contributed by atoms with Crippen molar-refractivity contribution in [3.8, 4) is 0 Å². The molecule has 0 rings (SSSR count). The van der Waals surface area contributed by atoms with E-state index in [4.69, 9.17) is 0 Å². The summed E-state index contributed by atoms with van der Waals surface area (Å²) < 4.78 is 0. The highest BCUT2D eigenvalue weighted by Gasteiger charge is 2.09. The monoisotopic (exact) mass is 662 g/mol. The first-order valence-electron chi connectivity index (χ1n) is 22.5. The summed E-state index contributed by atoms with van der Waals surface area (Å²) in [4.78, 5) is 12.2. The molecule has 0 fully saturated rings. The van der Waals surface area contributed by atoms with Crippen LogP contribution in [0.15, 0.2) is 0 Å². The first-order chi connectivity index (χ1) is 23.2. The van der Waals surface area contributed by atoms with E-state index >= 15 is 0 Å². The van der Waals surface area contributed by atoms with Crippen LogP contribution in [0, 0.1) is 5.92 Å². The summed E-state index contributed by atoms with van der Waals surface area (Å²) in [6.45, 7) is 9.24. The molecule has 0 amide bonds. The van der Waals surface area contributed by atoms with Crippen molar-refractivity contribution in [1.29, 1.82) is 0 Å². The molecule has 1 N–H and O–H groups in total. The molecule has 0 unspecified atom stereocenters. The fourth-order valence-electron chi connectivity index (χ4n) is 7.41. The minimum absolute atomic E-state index is 0.508. The maximum atomic E-state index is 12.2. The second-order valence-electron chi connectivity index (χ2n) is 15.6. The Hall–Kier alpha value is -0.370. The zero-order chi connectivity index (χ0) is 34.1. The lowest BCUT2D eigenvalue weighted by molar-refractivity contribution is -0.119. The van der Waals surface area contributed by atoms with Gasteiger partial charge < -0.3 is 5.32 Å². The molecule has 282 valence electrons. The lowest BCUT2D eigenvalue weighted by Crippen LogP contribution is -2.16. The van der Waals surface area contributed by atoms with Gasteiger partial charge >= 0.3 is 0 Å². The molecule has 0 radical (unpaired) electrons. The molecule has 47 heavy (non-hydrogen) atoms. The van der Waals surface area contributed by atoms with Crippen molar-refractivity contribution in [3.63, 3.8) is 0 Å². The maximum absolute atomic E-state index is 12.2. The quantitative estimate of drug-likeness (QED) is 0.0660. The maximum Gasteiger partial charge on any atom is 0.132 e. The molecule has 0 saturated carbocycles. The van der Waals surface area contributed by atoms with Crippen molar-refractivity contribution in [2.24, 2.45) is 5.92 Å². The fourth-order valence-corrected chi connectivity index (χ4v) is 7.41. The third-order valence-corrected chi connectivity index (χ3v) is 10.8. The lowest BCUT2D eigenvalue weighted by atomic mass is 9.89. The molecule has 0 heterocycles. The van der Waals surface area contributed by atoms with Crippen LogP contribution in [0.25, 0.3) is 0 Å². The Morgan fingerprint density at radius 1 is 0.340 bits per heavy atom. The van der Waals surface area contributed by atoms with Crippen molar-refractivity contribution in [2.75, 3.05) is 13.1 Å². The molecule has 0 saturated heterocycles. The average molecular weight is 662 g/mol. The van der Waals surface area contributed by atoms with Gasteiger partial charge in [-0.3, -0.25) is 4.79 Å². The molecule has 0 aromatic rings. The van der Waals surface area contributed by atoms with E-state index in [0.717, 1.165) is 38.1 Å². The third-order valence-electron chi connectivity index (χ3n) is 10.8. The SMILES string of the molecule is CCCCCCCCCCCCC(=O)CCCCCNCCCCCCCCCCC(CCCCCCCC)CCCCCCCC. The normalized spacial score (nSPS) is 11.7. The molecule has 2 nitrogen and oxygen atoms in total. The van der Waals surface area contributed by atoms with E-state index in [1.807, 2.05) is 0 Å². The Morgan fingerprint density at radius 3 is 0.936 bits per heavy atom. The number of nitrogens with one attached hydrogen (secondary N) is 1. The van der Waals surface area contributed by atoms with E-state index in [9.17, 15) is 4.79 Å². The summed E-state index contributed by atoms with van der Waals surface area (Å²) in [5.41, 5.74) is 0. The Kier molecular flexibility index (Phi) is 41.5. The van der Waals surface area contributed by atoms with Crippen LogP contribution in [0.3, 0.4) is 0 Å². The Balaban J connectivity index is 3.51. The van der Waals surface area contributed by atoms with E-state index < -0.39 is 0 Å². The molecule has 0 aliphatic heterocycles. The Bertz CT molecular complexity index is 558. The summed E-state index contributed by atoms with van der Waals surface area (Å²) in [5, 5.41) is 3.64. The number of Topliss-reactive ketones (excluding diaryl/α,β-unsaturated/α-hetero) is 1. The predicted molar refractivity (Wildman–Crippen MR) is 214 cm³/mol. The van der Waals surface area contributed by atoms with Crippen molar-refractivity contribution in [3.05, 3.63) is 0 Å². The van der Waals surface area contributed by atoms with Gasteiger partial charge in [-0.25, -0.2) is 0 Å². The van der Waals surface area contributed by atoms with E-state index in [2.05, 4.69) is 26.1 Å². The van der Waals surface area contributed by atoms with Gasteiger partial charge in [0.05, 0.1) is 0 Å². The van der Waals surface area contributed by atoms with E-state index in [0.29, 0.717) is 5.78 Å². The minimum atomic E-state index is 0.508. The predicted octanol–water partition coefficient (Wildman–Crippen LogP) is 15.6. The minimum Gasteiger partial charge on any atom is -0.317 e. The molecule has 0 aliphatic rings. The smallest absolute Gasteiger partial charge is 0.132 e. The third kappa shape index (κ3) is 39.9. The van der Waals surface area contributed by atoms with Gasteiger partial charge in [-0.1, -0.05) is 226 Å². The van der Waals surface area contributed by atoms with Gasteiger partial charge in [0, 0.05) is 12.8 Å². The number of hydrogen-bond acceptors (Lipinski definition) is 2. The number of rotatable bonds is 42. The second-order valence-corrected chi connectivity index (χ2v) is 15.6. The second kappa shape index (κ2) is 41.8. The molecule has 2 heteroatoms. The van der Waals surface area contributed by atoms with Crippen LogP contribution in [-0.4, -0.2) is 18.9 Å². The van der Waals surface area contributed by atoms with Crippen molar-refractivity contribution >= 4 is 5.78 Å². The van der Waals surface area contributed by atoms with Crippen LogP contribution in [0.4, 0.5) is 0 Å². The highest BCUT2D eigenvalue weighted by Crippen LogP contribution is 2.25. The zero-order valence-corrected chi connectivity index (χ0v) is 33.3. The van der Waals surface area contributed by atoms with Crippen LogP contribution in [-0.2, 0) is 4.79 Å². The number of ketones is 1. The van der Waals surface area contributed by atoms with Gasteiger partial charge in [0.15, 0.2) is 0 Å². The van der Waals surface area contributed by atoms with Crippen LogP contribution in [0.2, 0.25) is 0 Å².